The second-order valence-corrected chi connectivity index (χ2v) is 9.01. The maximum absolute atomic E-state index is 13.4. The summed E-state index contributed by atoms with van der Waals surface area (Å²) in [6, 6.07) is 8.18. The number of hydrogen-bond acceptors (Lipinski definition) is 2. The lowest BCUT2D eigenvalue weighted by Crippen LogP contribution is -2.44. The standard InChI is InChI=1S/C25H38O2/c1-3-8-20-10-14-22(15-11-20)25(18-6-5-7-19-25)24(26)27-23-16-12-21(9-4-2)13-17-23/h12-13,16-17,20,22H,3-11,14-15,18-19H2,1-2H3. The zero-order chi connectivity index (χ0) is 19.1. The van der Waals surface area contributed by atoms with Crippen molar-refractivity contribution in [1.29, 1.82) is 0 Å². The van der Waals surface area contributed by atoms with Crippen LogP contribution in [0.2, 0.25) is 0 Å². The van der Waals surface area contributed by atoms with Gasteiger partial charge in [-0.1, -0.05) is 77.3 Å². The lowest BCUT2D eigenvalue weighted by atomic mass is 9.60. The van der Waals surface area contributed by atoms with Crippen LogP contribution >= 0.6 is 0 Å². The van der Waals surface area contributed by atoms with Gasteiger partial charge in [0, 0.05) is 0 Å². The Labute approximate surface area is 166 Å². The third-order valence-electron chi connectivity index (χ3n) is 7.15. The fraction of sp³-hybridized carbons (Fsp3) is 0.720. The summed E-state index contributed by atoms with van der Waals surface area (Å²) in [7, 11) is 0. The average Bonchev–Trinajstić information content (AvgIpc) is 2.71. The first-order valence-corrected chi connectivity index (χ1v) is 11.5. The number of hydrogen-bond donors (Lipinski definition) is 0. The van der Waals surface area contributed by atoms with Crippen molar-refractivity contribution >= 4 is 5.97 Å². The quantitative estimate of drug-likeness (QED) is 0.378. The lowest BCUT2D eigenvalue weighted by Gasteiger charge is -2.44. The summed E-state index contributed by atoms with van der Waals surface area (Å²) in [6.45, 7) is 4.48. The highest BCUT2D eigenvalue weighted by Gasteiger charge is 2.48. The maximum Gasteiger partial charge on any atom is 0.317 e. The van der Waals surface area contributed by atoms with E-state index in [4.69, 9.17) is 4.74 Å². The van der Waals surface area contributed by atoms with Crippen LogP contribution in [0.4, 0.5) is 0 Å². The molecule has 0 radical (unpaired) electrons. The van der Waals surface area contributed by atoms with Crippen LogP contribution in [0.1, 0.15) is 96.5 Å². The molecule has 2 saturated carbocycles. The van der Waals surface area contributed by atoms with Crippen LogP contribution in [0.15, 0.2) is 24.3 Å². The Balaban J connectivity index is 1.69. The predicted molar refractivity (Wildman–Crippen MR) is 112 cm³/mol. The Morgan fingerprint density at radius 2 is 1.63 bits per heavy atom. The Bertz CT molecular complexity index is 575. The second kappa shape index (κ2) is 9.75. The van der Waals surface area contributed by atoms with Crippen LogP contribution in [0.5, 0.6) is 5.75 Å². The van der Waals surface area contributed by atoms with Crippen LogP contribution in [0.25, 0.3) is 0 Å². The van der Waals surface area contributed by atoms with Crippen LogP contribution in [0.3, 0.4) is 0 Å². The molecule has 2 aliphatic carbocycles. The van der Waals surface area contributed by atoms with Gasteiger partial charge in [-0.25, -0.2) is 0 Å². The zero-order valence-electron chi connectivity index (χ0n) is 17.5. The topological polar surface area (TPSA) is 26.3 Å². The van der Waals surface area contributed by atoms with E-state index in [1.807, 2.05) is 12.1 Å². The van der Waals surface area contributed by atoms with Crippen LogP contribution in [0, 0.1) is 17.3 Å². The van der Waals surface area contributed by atoms with Gasteiger partial charge in [-0.2, -0.15) is 0 Å². The Kier molecular flexibility index (Phi) is 7.38. The van der Waals surface area contributed by atoms with E-state index in [1.54, 1.807) is 0 Å². The molecule has 0 heterocycles. The maximum atomic E-state index is 13.4. The Morgan fingerprint density at radius 3 is 2.22 bits per heavy atom. The second-order valence-electron chi connectivity index (χ2n) is 9.01. The van der Waals surface area contributed by atoms with Gasteiger partial charge in [-0.15, -0.1) is 0 Å². The van der Waals surface area contributed by atoms with E-state index in [0.717, 1.165) is 37.4 Å². The average molecular weight is 371 g/mol. The molecule has 0 atom stereocenters. The summed E-state index contributed by atoms with van der Waals surface area (Å²) >= 11 is 0. The number of ether oxygens (including phenoxy) is 1. The molecule has 2 nitrogen and oxygen atoms in total. The molecular formula is C25H38O2. The highest BCUT2D eigenvalue weighted by Crippen LogP contribution is 2.50. The van der Waals surface area contributed by atoms with E-state index >= 15 is 0 Å². The molecule has 0 N–H and O–H groups in total. The highest BCUT2D eigenvalue weighted by atomic mass is 16.5. The number of esters is 1. The summed E-state index contributed by atoms with van der Waals surface area (Å²) in [5.74, 6) is 2.20. The van der Waals surface area contributed by atoms with Gasteiger partial charge in [-0.3, -0.25) is 4.79 Å². The van der Waals surface area contributed by atoms with Gasteiger partial charge >= 0.3 is 5.97 Å². The van der Waals surface area contributed by atoms with Crippen molar-refractivity contribution < 1.29 is 9.53 Å². The molecule has 0 spiro atoms. The van der Waals surface area contributed by atoms with E-state index in [1.165, 1.54) is 63.4 Å². The van der Waals surface area contributed by atoms with Crippen molar-refractivity contribution in [2.75, 3.05) is 0 Å². The summed E-state index contributed by atoms with van der Waals surface area (Å²) in [4.78, 5) is 13.4. The molecule has 3 rings (SSSR count). The molecular weight excluding hydrogens is 332 g/mol. The third-order valence-corrected chi connectivity index (χ3v) is 7.15. The first-order valence-electron chi connectivity index (χ1n) is 11.5. The molecule has 27 heavy (non-hydrogen) atoms. The fourth-order valence-electron chi connectivity index (χ4n) is 5.60. The number of carbonyl (C=O) groups excluding carboxylic acids is 1. The van der Waals surface area contributed by atoms with Crippen molar-refractivity contribution in [3.8, 4) is 5.75 Å². The van der Waals surface area contributed by atoms with Gasteiger partial charge < -0.3 is 4.74 Å². The number of aryl methyl sites for hydroxylation is 1. The minimum atomic E-state index is -0.225. The van der Waals surface area contributed by atoms with Gasteiger partial charge in [0.05, 0.1) is 5.41 Å². The summed E-state index contributed by atoms with van der Waals surface area (Å²) in [5, 5.41) is 0. The van der Waals surface area contributed by atoms with Crippen LogP contribution < -0.4 is 4.74 Å². The molecule has 0 amide bonds. The van der Waals surface area contributed by atoms with E-state index in [9.17, 15) is 4.79 Å². The predicted octanol–water partition coefficient (Wildman–Crippen LogP) is 7.10. The van der Waals surface area contributed by atoms with Crippen molar-refractivity contribution in [3.05, 3.63) is 29.8 Å². The molecule has 1 aromatic carbocycles. The van der Waals surface area contributed by atoms with Gasteiger partial charge in [0.1, 0.15) is 5.75 Å². The van der Waals surface area contributed by atoms with Gasteiger partial charge in [0.2, 0.25) is 0 Å². The molecule has 0 aromatic heterocycles. The molecule has 0 bridgehead atoms. The van der Waals surface area contributed by atoms with E-state index in [0.29, 0.717) is 5.92 Å². The first-order chi connectivity index (χ1) is 13.2. The SMILES string of the molecule is CCCc1ccc(OC(=O)C2(C3CCC(CCC)CC3)CCCCC2)cc1. The largest absolute Gasteiger partial charge is 0.426 e. The van der Waals surface area contributed by atoms with Gasteiger partial charge in [-0.05, 0) is 61.6 Å². The van der Waals surface area contributed by atoms with Crippen LogP contribution in [-0.2, 0) is 11.2 Å². The molecule has 150 valence electrons. The van der Waals surface area contributed by atoms with Crippen molar-refractivity contribution in [2.24, 2.45) is 17.3 Å². The minimum Gasteiger partial charge on any atom is -0.426 e. The molecule has 0 unspecified atom stereocenters. The smallest absolute Gasteiger partial charge is 0.317 e. The first kappa shape index (κ1) is 20.4. The van der Waals surface area contributed by atoms with Crippen molar-refractivity contribution in [2.45, 2.75) is 97.3 Å². The van der Waals surface area contributed by atoms with Crippen molar-refractivity contribution in [1.82, 2.24) is 0 Å². The summed E-state index contributed by atoms with van der Waals surface area (Å²) < 4.78 is 5.98. The molecule has 2 heteroatoms. The molecule has 0 saturated heterocycles. The van der Waals surface area contributed by atoms with Gasteiger partial charge in [0.15, 0.2) is 0 Å². The molecule has 2 aliphatic rings. The summed E-state index contributed by atoms with van der Waals surface area (Å²) in [6.07, 6.45) is 15.6. The monoisotopic (exact) mass is 370 g/mol. The highest BCUT2D eigenvalue weighted by molar-refractivity contribution is 5.79. The fourth-order valence-corrected chi connectivity index (χ4v) is 5.60. The molecule has 1 aromatic rings. The van der Waals surface area contributed by atoms with Crippen molar-refractivity contribution in [3.63, 3.8) is 0 Å². The van der Waals surface area contributed by atoms with E-state index < -0.39 is 0 Å². The zero-order valence-corrected chi connectivity index (χ0v) is 17.5. The normalized spacial score (nSPS) is 25.1. The Hall–Kier alpha value is -1.31. The Morgan fingerprint density at radius 1 is 0.963 bits per heavy atom. The summed E-state index contributed by atoms with van der Waals surface area (Å²) in [5.41, 5.74) is 1.09. The van der Waals surface area contributed by atoms with Gasteiger partial charge in [0.25, 0.3) is 0 Å². The van der Waals surface area contributed by atoms with E-state index in [-0.39, 0.29) is 11.4 Å². The third kappa shape index (κ3) is 4.95. The lowest BCUT2D eigenvalue weighted by molar-refractivity contribution is -0.153. The number of rotatable bonds is 7. The molecule has 2 fully saturated rings. The molecule has 0 aliphatic heterocycles. The van der Waals surface area contributed by atoms with E-state index in [2.05, 4.69) is 26.0 Å². The minimum absolute atomic E-state index is 0.0596. The van der Waals surface area contributed by atoms with Crippen LogP contribution in [-0.4, -0.2) is 5.97 Å². The number of carbonyl (C=O) groups is 1. The number of benzene rings is 1.